The van der Waals surface area contributed by atoms with Gasteiger partial charge in [0.2, 0.25) is 0 Å². The van der Waals surface area contributed by atoms with Gasteiger partial charge in [-0.25, -0.2) is 0 Å². The molecule has 1 fully saturated rings. The fraction of sp³-hybridized carbons (Fsp3) is 0.900. The fourth-order valence-corrected chi connectivity index (χ4v) is 1.26. The summed E-state index contributed by atoms with van der Waals surface area (Å²) in [5.41, 5.74) is 0. The third-order valence-corrected chi connectivity index (χ3v) is 2.33. The van der Waals surface area contributed by atoms with Gasteiger partial charge >= 0.3 is 0 Å². The summed E-state index contributed by atoms with van der Waals surface area (Å²) in [4.78, 5) is 10.6. The lowest BCUT2D eigenvalue weighted by molar-refractivity contribution is -0.117. The van der Waals surface area contributed by atoms with Gasteiger partial charge in [0.05, 0.1) is 6.10 Å². The maximum absolute atomic E-state index is 10.6. The molecule has 70 valence electrons. The first-order valence-electron chi connectivity index (χ1n) is 4.90. The van der Waals surface area contributed by atoms with Crippen LogP contribution in [-0.4, -0.2) is 18.5 Å². The molecule has 0 spiro atoms. The van der Waals surface area contributed by atoms with E-state index in [1.807, 2.05) is 0 Å². The molecular weight excluding hydrogens is 152 g/mol. The van der Waals surface area contributed by atoms with E-state index in [0.717, 1.165) is 19.4 Å². The first kappa shape index (κ1) is 9.72. The molecule has 2 heteroatoms. The molecule has 0 radical (unpaired) electrons. The minimum Gasteiger partial charge on any atom is -0.378 e. The van der Waals surface area contributed by atoms with Crippen LogP contribution in [-0.2, 0) is 9.53 Å². The van der Waals surface area contributed by atoms with Gasteiger partial charge in [-0.3, -0.25) is 0 Å². The summed E-state index contributed by atoms with van der Waals surface area (Å²) in [6, 6.07) is 0. The normalized spacial score (nSPS) is 17.4. The average Bonchev–Trinajstić information content (AvgIpc) is 1.92. The van der Waals surface area contributed by atoms with Crippen molar-refractivity contribution in [2.24, 2.45) is 0 Å². The van der Waals surface area contributed by atoms with Gasteiger partial charge in [-0.05, 0) is 39.0 Å². The molecule has 0 unspecified atom stereocenters. The van der Waals surface area contributed by atoms with E-state index in [4.69, 9.17) is 4.74 Å². The molecule has 1 aliphatic rings. The van der Waals surface area contributed by atoms with Crippen molar-refractivity contribution in [2.45, 2.75) is 51.6 Å². The summed E-state index contributed by atoms with van der Waals surface area (Å²) in [5.74, 6) is 0.290. The largest absolute Gasteiger partial charge is 0.378 e. The standard InChI is InChI=1S/C10H18O2/c1-9(11)5-2-3-8-12-10-6-4-7-10/h10H,2-8H2,1H3. The third-order valence-electron chi connectivity index (χ3n) is 2.33. The van der Waals surface area contributed by atoms with Gasteiger partial charge in [-0.2, -0.15) is 0 Å². The van der Waals surface area contributed by atoms with Gasteiger partial charge in [0.25, 0.3) is 0 Å². The number of unbranched alkanes of at least 4 members (excludes halogenated alkanes) is 1. The molecule has 0 aromatic carbocycles. The molecule has 0 aromatic heterocycles. The van der Waals surface area contributed by atoms with Crippen LogP contribution in [0.3, 0.4) is 0 Å². The van der Waals surface area contributed by atoms with E-state index in [-0.39, 0.29) is 0 Å². The second-order valence-electron chi connectivity index (χ2n) is 3.58. The lowest BCUT2D eigenvalue weighted by atomic mass is 9.96. The Labute approximate surface area is 74.3 Å². The number of carbonyl (C=O) groups is 1. The summed E-state index contributed by atoms with van der Waals surface area (Å²) in [6.07, 6.45) is 7.10. The predicted molar refractivity (Wildman–Crippen MR) is 48.1 cm³/mol. The maximum Gasteiger partial charge on any atom is 0.129 e. The molecule has 0 bridgehead atoms. The lowest BCUT2D eigenvalue weighted by Crippen LogP contribution is -2.21. The highest BCUT2D eigenvalue weighted by Crippen LogP contribution is 2.21. The number of Topliss-reactive ketones (excluding diaryl/α,β-unsaturated/α-hetero) is 1. The molecule has 0 amide bonds. The zero-order valence-corrected chi connectivity index (χ0v) is 7.84. The van der Waals surface area contributed by atoms with Crippen LogP contribution >= 0.6 is 0 Å². The minimum absolute atomic E-state index is 0.290. The molecule has 0 saturated heterocycles. The molecule has 0 atom stereocenters. The van der Waals surface area contributed by atoms with Gasteiger partial charge < -0.3 is 9.53 Å². The topological polar surface area (TPSA) is 26.3 Å². The highest BCUT2D eigenvalue weighted by atomic mass is 16.5. The zero-order chi connectivity index (χ0) is 8.81. The molecule has 0 aliphatic heterocycles. The third kappa shape index (κ3) is 3.86. The Morgan fingerprint density at radius 1 is 1.42 bits per heavy atom. The number of hydrogen-bond acceptors (Lipinski definition) is 2. The summed E-state index contributed by atoms with van der Waals surface area (Å²) in [7, 11) is 0. The summed E-state index contributed by atoms with van der Waals surface area (Å²) < 4.78 is 5.55. The van der Waals surface area contributed by atoms with Crippen molar-refractivity contribution in [2.75, 3.05) is 6.61 Å². The lowest BCUT2D eigenvalue weighted by Gasteiger charge is -2.25. The highest BCUT2D eigenvalue weighted by Gasteiger charge is 2.16. The summed E-state index contributed by atoms with van der Waals surface area (Å²) >= 11 is 0. The van der Waals surface area contributed by atoms with E-state index in [2.05, 4.69) is 0 Å². The quantitative estimate of drug-likeness (QED) is 0.572. The number of ether oxygens (including phenoxy) is 1. The van der Waals surface area contributed by atoms with Crippen molar-refractivity contribution < 1.29 is 9.53 Å². The van der Waals surface area contributed by atoms with Crippen LogP contribution in [0.15, 0.2) is 0 Å². The Morgan fingerprint density at radius 3 is 2.67 bits per heavy atom. The number of hydrogen-bond donors (Lipinski definition) is 0. The van der Waals surface area contributed by atoms with Crippen LogP contribution in [0.1, 0.15) is 45.4 Å². The van der Waals surface area contributed by atoms with Crippen molar-refractivity contribution in [3.05, 3.63) is 0 Å². The van der Waals surface area contributed by atoms with E-state index in [1.165, 1.54) is 19.3 Å². The van der Waals surface area contributed by atoms with Gasteiger partial charge in [-0.15, -0.1) is 0 Å². The summed E-state index contributed by atoms with van der Waals surface area (Å²) in [5, 5.41) is 0. The second kappa shape index (κ2) is 5.31. The van der Waals surface area contributed by atoms with Gasteiger partial charge in [0, 0.05) is 13.0 Å². The number of carbonyl (C=O) groups excluding carboxylic acids is 1. The minimum atomic E-state index is 0.290. The van der Waals surface area contributed by atoms with Gasteiger partial charge in [0.15, 0.2) is 0 Å². The second-order valence-corrected chi connectivity index (χ2v) is 3.58. The Morgan fingerprint density at radius 2 is 2.17 bits per heavy atom. The van der Waals surface area contributed by atoms with E-state index >= 15 is 0 Å². The summed E-state index contributed by atoms with van der Waals surface area (Å²) in [6.45, 7) is 2.49. The number of ketones is 1. The fourth-order valence-electron chi connectivity index (χ4n) is 1.26. The van der Waals surface area contributed by atoms with Crippen molar-refractivity contribution in [1.82, 2.24) is 0 Å². The van der Waals surface area contributed by atoms with Crippen LogP contribution in [0.4, 0.5) is 0 Å². The highest BCUT2D eigenvalue weighted by molar-refractivity contribution is 5.75. The monoisotopic (exact) mass is 170 g/mol. The smallest absolute Gasteiger partial charge is 0.129 e. The molecule has 0 aromatic rings. The molecule has 0 heterocycles. The molecule has 12 heavy (non-hydrogen) atoms. The van der Waals surface area contributed by atoms with Crippen molar-refractivity contribution in [1.29, 1.82) is 0 Å². The molecule has 0 N–H and O–H groups in total. The first-order valence-corrected chi connectivity index (χ1v) is 4.90. The van der Waals surface area contributed by atoms with E-state index in [9.17, 15) is 4.79 Å². The zero-order valence-electron chi connectivity index (χ0n) is 7.84. The molecule has 1 aliphatic carbocycles. The van der Waals surface area contributed by atoms with Crippen LogP contribution in [0, 0.1) is 0 Å². The van der Waals surface area contributed by atoms with Gasteiger partial charge in [0.1, 0.15) is 5.78 Å². The SMILES string of the molecule is CC(=O)CCCCOC1CCC1. The van der Waals surface area contributed by atoms with Crippen LogP contribution in [0.5, 0.6) is 0 Å². The molecular formula is C10H18O2. The van der Waals surface area contributed by atoms with Crippen LogP contribution in [0.2, 0.25) is 0 Å². The van der Waals surface area contributed by atoms with E-state index in [0.29, 0.717) is 18.3 Å². The van der Waals surface area contributed by atoms with Crippen LogP contribution in [0.25, 0.3) is 0 Å². The molecule has 1 rings (SSSR count). The average molecular weight is 170 g/mol. The van der Waals surface area contributed by atoms with Crippen LogP contribution < -0.4 is 0 Å². The maximum atomic E-state index is 10.6. The predicted octanol–water partition coefficient (Wildman–Crippen LogP) is 2.31. The Bertz CT molecular complexity index is 139. The Kier molecular flexibility index (Phi) is 4.30. The van der Waals surface area contributed by atoms with Gasteiger partial charge in [-0.1, -0.05) is 0 Å². The Hall–Kier alpha value is -0.370. The number of rotatable bonds is 6. The molecule has 2 nitrogen and oxygen atoms in total. The van der Waals surface area contributed by atoms with E-state index < -0.39 is 0 Å². The Balaban J connectivity index is 1.79. The van der Waals surface area contributed by atoms with E-state index in [1.54, 1.807) is 6.92 Å². The molecule has 1 saturated carbocycles. The van der Waals surface area contributed by atoms with Crippen molar-refractivity contribution >= 4 is 5.78 Å². The first-order chi connectivity index (χ1) is 5.79. The van der Waals surface area contributed by atoms with Crippen molar-refractivity contribution in [3.63, 3.8) is 0 Å². The van der Waals surface area contributed by atoms with Crippen molar-refractivity contribution in [3.8, 4) is 0 Å².